The number of anilines is 1. The van der Waals surface area contributed by atoms with Crippen LogP contribution in [0.1, 0.15) is 16.1 Å². The van der Waals surface area contributed by atoms with Crippen LogP contribution >= 0.6 is 27.5 Å². The zero-order valence-corrected chi connectivity index (χ0v) is 13.1. The molecular formula is C14H13BrClN3O. The Balaban J connectivity index is 2.06. The maximum atomic E-state index is 12.1. The fraction of sp³-hybridized carbons (Fsp3) is 0.143. The van der Waals surface area contributed by atoms with Gasteiger partial charge in [0.2, 0.25) is 0 Å². The summed E-state index contributed by atoms with van der Waals surface area (Å²) in [7, 11) is 1.74. The Morgan fingerprint density at radius 2 is 1.95 bits per heavy atom. The Kier molecular flexibility index (Phi) is 4.98. The lowest BCUT2D eigenvalue weighted by molar-refractivity contribution is 0.0946. The molecule has 0 aliphatic rings. The second-order valence-corrected chi connectivity index (χ2v) is 5.41. The fourth-order valence-electron chi connectivity index (χ4n) is 1.61. The summed E-state index contributed by atoms with van der Waals surface area (Å²) in [6.45, 7) is 0.425. The van der Waals surface area contributed by atoms with Crippen LogP contribution in [0, 0.1) is 0 Å². The van der Waals surface area contributed by atoms with Crippen LogP contribution in [0.2, 0.25) is 5.02 Å². The summed E-state index contributed by atoms with van der Waals surface area (Å²) >= 11 is 9.36. The average molecular weight is 355 g/mol. The average Bonchev–Trinajstić information content (AvgIpc) is 2.47. The number of hydrogen-bond donors (Lipinski definition) is 2. The van der Waals surface area contributed by atoms with E-state index in [2.05, 4.69) is 31.5 Å². The van der Waals surface area contributed by atoms with Crippen molar-refractivity contribution < 1.29 is 4.79 Å². The Morgan fingerprint density at radius 3 is 2.60 bits per heavy atom. The summed E-state index contributed by atoms with van der Waals surface area (Å²) < 4.78 is 0.999. The highest BCUT2D eigenvalue weighted by Gasteiger charge is 2.12. The fourth-order valence-corrected chi connectivity index (χ4v) is 2.06. The molecule has 1 heterocycles. The third-order valence-corrected chi connectivity index (χ3v) is 3.52. The molecule has 0 aliphatic carbocycles. The molecule has 0 radical (unpaired) electrons. The van der Waals surface area contributed by atoms with Crippen molar-refractivity contribution in [3.8, 4) is 0 Å². The van der Waals surface area contributed by atoms with Gasteiger partial charge in [0.25, 0.3) is 5.91 Å². The largest absolute Gasteiger partial charge is 0.373 e. The smallest absolute Gasteiger partial charge is 0.271 e. The van der Waals surface area contributed by atoms with Crippen molar-refractivity contribution in [3.63, 3.8) is 0 Å². The lowest BCUT2D eigenvalue weighted by Gasteiger charge is -2.08. The van der Waals surface area contributed by atoms with Crippen molar-refractivity contribution in [1.82, 2.24) is 10.3 Å². The van der Waals surface area contributed by atoms with Crippen molar-refractivity contribution >= 4 is 39.3 Å². The van der Waals surface area contributed by atoms with Gasteiger partial charge in [0.15, 0.2) is 0 Å². The van der Waals surface area contributed by atoms with Gasteiger partial charge in [-0.2, -0.15) is 0 Å². The number of nitrogens with zero attached hydrogens (tertiary/aromatic N) is 1. The van der Waals surface area contributed by atoms with Crippen molar-refractivity contribution in [3.05, 3.63) is 57.2 Å². The maximum Gasteiger partial charge on any atom is 0.271 e. The number of carbonyl (C=O) groups excluding carboxylic acids is 1. The van der Waals surface area contributed by atoms with Crippen molar-refractivity contribution in [1.29, 1.82) is 0 Å². The van der Waals surface area contributed by atoms with Crippen LogP contribution in [0.4, 0.5) is 5.82 Å². The number of amides is 1. The summed E-state index contributed by atoms with van der Waals surface area (Å²) in [5.41, 5.74) is 1.22. The van der Waals surface area contributed by atoms with Crippen molar-refractivity contribution in [2.24, 2.45) is 0 Å². The van der Waals surface area contributed by atoms with Gasteiger partial charge >= 0.3 is 0 Å². The lowest BCUT2D eigenvalue weighted by Crippen LogP contribution is -2.24. The van der Waals surface area contributed by atoms with E-state index in [0.717, 1.165) is 10.0 Å². The van der Waals surface area contributed by atoms with Gasteiger partial charge in [-0.1, -0.05) is 39.7 Å². The number of aromatic nitrogens is 1. The summed E-state index contributed by atoms with van der Waals surface area (Å²) in [5.74, 6) is 0.304. The molecule has 20 heavy (non-hydrogen) atoms. The van der Waals surface area contributed by atoms with Crippen molar-refractivity contribution in [2.45, 2.75) is 6.54 Å². The van der Waals surface area contributed by atoms with Gasteiger partial charge in [-0.25, -0.2) is 4.98 Å². The van der Waals surface area contributed by atoms with Crippen LogP contribution in [0.15, 0.2) is 40.9 Å². The highest BCUT2D eigenvalue weighted by molar-refractivity contribution is 9.10. The molecule has 4 nitrogen and oxygen atoms in total. The molecule has 0 atom stereocenters. The van der Waals surface area contributed by atoms with Gasteiger partial charge in [0.1, 0.15) is 11.5 Å². The number of pyridine rings is 1. The predicted molar refractivity (Wildman–Crippen MR) is 84.1 cm³/mol. The third-order valence-electron chi connectivity index (χ3n) is 2.68. The molecule has 0 saturated heterocycles. The van der Waals surface area contributed by atoms with Crippen LogP contribution in [0.25, 0.3) is 0 Å². The molecule has 0 aliphatic heterocycles. The molecule has 0 spiro atoms. The van der Waals surface area contributed by atoms with Crippen LogP contribution in [-0.2, 0) is 6.54 Å². The Morgan fingerprint density at radius 1 is 1.25 bits per heavy atom. The first-order valence-corrected chi connectivity index (χ1v) is 7.14. The molecule has 0 saturated carbocycles. The van der Waals surface area contributed by atoms with Gasteiger partial charge in [-0.15, -0.1) is 0 Å². The minimum Gasteiger partial charge on any atom is -0.373 e. The summed E-state index contributed by atoms with van der Waals surface area (Å²) in [5, 5.41) is 6.00. The molecule has 1 aromatic heterocycles. The van der Waals surface area contributed by atoms with Crippen LogP contribution in [0.5, 0.6) is 0 Å². The number of halogens is 2. The SMILES string of the molecule is CNc1ccc(Cl)c(C(=O)NCc2ccc(Br)cc2)n1. The van der Waals surface area contributed by atoms with Gasteiger partial charge in [0.05, 0.1) is 5.02 Å². The van der Waals surface area contributed by atoms with Gasteiger partial charge in [-0.3, -0.25) is 4.79 Å². The second kappa shape index (κ2) is 6.72. The number of carbonyl (C=O) groups is 1. The Hall–Kier alpha value is -1.59. The lowest BCUT2D eigenvalue weighted by atomic mass is 10.2. The first-order valence-electron chi connectivity index (χ1n) is 5.97. The molecule has 1 aromatic carbocycles. The topological polar surface area (TPSA) is 54.0 Å². The maximum absolute atomic E-state index is 12.1. The molecule has 1 amide bonds. The number of hydrogen-bond acceptors (Lipinski definition) is 3. The van der Waals surface area contributed by atoms with E-state index in [4.69, 9.17) is 11.6 Å². The molecule has 0 bridgehead atoms. The number of rotatable bonds is 4. The zero-order chi connectivity index (χ0) is 14.5. The number of benzene rings is 1. The van der Waals surface area contributed by atoms with Crippen molar-refractivity contribution in [2.75, 3.05) is 12.4 Å². The first kappa shape index (κ1) is 14.8. The molecule has 2 rings (SSSR count). The summed E-state index contributed by atoms with van der Waals surface area (Å²) in [6.07, 6.45) is 0. The summed E-state index contributed by atoms with van der Waals surface area (Å²) in [4.78, 5) is 16.2. The van der Waals surface area contributed by atoms with Crippen LogP contribution < -0.4 is 10.6 Å². The summed E-state index contributed by atoms with van der Waals surface area (Å²) in [6, 6.07) is 11.1. The molecule has 2 N–H and O–H groups in total. The van der Waals surface area contributed by atoms with E-state index in [1.807, 2.05) is 24.3 Å². The molecule has 0 fully saturated rings. The van der Waals surface area contributed by atoms with Crippen LogP contribution in [-0.4, -0.2) is 17.9 Å². The molecule has 104 valence electrons. The van der Waals surface area contributed by atoms with Crippen LogP contribution in [0.3, 0.4) is 0 Å². The van der Waals surface area contributed by atoms with E-state index in [1.165, 1.54) is 0 Å². The zero-order valence-electron chi connectivity index (χ0n) is 10.8. The molecule has 6 heteroatoms. The Labute approximate surface area is 130 Å². The quantitative estimate of drug-likeness (QED) is 0.884. The molecule has 0 unspecified atom stereocenters. The monoisotopic (exact) mass is 353 g/mol. The Bertz CT molecular complexity index is 616. The second-order valence-electron chi connectivity index (χ2n) is 4.09. The van der Waals surface area contributed by atoms with Gasteiger partial charge in [0, 0.05) is 18.1 Å². The molecule has 2 aromatic rings. The number of nitrogens with one attached hydrogen (secondary N) is 2. The van der Waals surface area contributed by atoms with Gasteiger partial charge < -0.3 is 10.6 Å². The normalized spacial score (nSPS) is 10.2. The van der Waals surface area contributed by atoms with E-state index in [9.17, 15) is 4.79 Å². The third kappa shape index (κ3) is 3.71. The standard InChI is InChI=1S/C14H13BrClN3O/c1-17-12-7-6-11(16)13(19-12)14(20)18-8-9-2-4-10(15)5-3-9/h2-7H,8H2,1H3,(H,17,19)(H,18,20). The molecular weight excluding hydrogens is 342 g/mol. The van der Waals surface area contributed by atoms with E-state index in [-0.39, 0.29) is 11.6 Å². The highest BCUT2D eigenvalue weighted by atomic mass is 79.9. The van der Waals surface area contributed by atoms with E-state index in [0.29, 0.717) is 17.4 Å². The van der Waals surface area contributed by atoms with E-state index >= 15 is 0 Å². The van der Waals surface area contributed by atoms with Gasteiger partial charge in [-0.05, 0) is 29.8 Å². The first-order chi connectivity index (χ1) is 9.60. The van der Waals surface area contributed by atoms with E-state index in [1.54, 1.807) is 19.2 Å². The predicted octanol–water partition coefficient (Wildman–Crippen LogP) is 3.47. The van der Waals surface area contributed by atoms with E-state index < -0.39 is 0 Å². The minimum absolute atomic E-state index is 0.218. The highest BCUT2D eigenvalue weighted by Crippen LogP contribution is 2.16. The minimum atomic E-state index is -0.296.